The summed E-state index contributed by atoms with van der Waals surface area (Å²) in [6.45, 7) is 15.9. The molecular formula is C23H42N4O5. The van der Waals surface area contributed by atoms with Crippen LogP contribution in [0.5, 0.6) is 0 Å². The molecule has 9 nitrogen and oxygen atoms in total. The smallest absolute Gasteiger partial charge is 0.350 e. The highest BCUT2D eigenvalue weighted by molar-refractivity contribution is 5.74. The Morgan fingerprint density at radius 1 is 1.03 bits per heavy atom. The van der Waals surface area contributed by atoms with Gasteiger partial charge in [0.25, 0.3) is 0 Å². The van der Waals surface area contributed by atoms with Gasteiger partial charge < -0.3 is 19.1 Å². The Bertz CT molecular complexity index is 591. The average Bonchev–Trinajstić information content (AvgIpc) is 3.21. The molecule has 3 aliphatic heterocycles. The largest absolute Gasteiger partial charge is 0.463 e. The maximum Gasteiger partial charge on any atom is 0.350 e. The summed E-state index contributed by atoms with van der Waals surface area (Å²) in [5.74, 6) is -0.310. The van der Waals surface area contributed by atoms with Crippen LogP contribution < -0.4 is 0 Å². The first-order chi connectivity index (χ1) is 15.5. The van der Waals surface area contributed by atoms with Crippen LogP contribution in [0.2, 0.25) is 0 Å². The van der Waals surface area contributed by atoms with Gasteiger partial charge in [-0.3, -0.25) is 19.5 Å². The number of nitrogens with zero attached hydrogens (tertiary/aromatic N) is 4. The van der Waals surface area contributed by atoms with E-state index in [4.69, 9.17) is 14.2 Å². The van der Waals surface area contributed by atoms with Crippen molar-refractivity contribution in [1.29, 1.82) is 0 Å². The van der Waals surface area contributed by atoms with Crippen LogP contribution in [0.4, 0.5) is 0 Å². The molecule has 0 aromatic rings. The molecule has 3 heterocycles. The predicted molar refractivity (Wildman–Crippen MR) is 121 cm³/mol. The van der Waals surface area contributed by atoms with Gasteiger partial charge in [0, 0.05) is 58.0 Å². The van der Waals surface area contributed by atoms with Crippen LogP contribution in [0, 0.1) is 0 Å². The Kier molecular flexibility index (Phi) is 9.88. The summed E-state index contributed by atoms with van der Waals surface area (Å²) in [6.07, 6.45) is 2.11. The standard InChI is InChI=1S/C23H42N4O5/c1-5-30-22(23(29)31-6-2)26-13-11-24(12-14-26)15-20-16-27(21(17-28)32-20)19-7-9-25(10-8-19)18(3)4/h17-22H,5-16H2,1-4H3. The van der Waals surface area contributed by atoms with Crippen LogP contribution in [0.1, 0.15) is 40.5 Å². The van der Waals surface area contributed by atoms with Crippen molar-refractivity contribution >= 4 is 12.3 Å². The molecular weight excluding hydrogens is 412 g/mol. The number of carbonyl (C=O) groups is 2. The molecule has 3 rings (SSSR count). The third-order valence-corrected chi connectivity index (χ3v) is 6.90. The lowest BCUT2D eigenvalue weighted by Crippen LogP contribution is -2.55. The van der Waals surface area contributed by atoms with E-state index in [1.165, 1.54) is 0 Å². The first kappa shape index (κ1) is 25.5. The van der Waals surface area contributed by atoms with E-state index in [2.05, 4.69) is 33.4 Å². The van der Waals surface area contributed by atoms with Gasteiger partial charge in [0.2, 0.25) is 6.23 Å². The van der Waals surface area contributed by atoms with Crippen molar-refractivity contribution in [2.24, 2.45) is 0 Å². The highest BCUT2D eigenvalue weighted by atomic mass is 16.6. The number of esters is 1. The maximum atomic E-state index is 12.2. The zero-order valence-corrected chi connectivity index (χ0v) is 20.3. The van der Waals surface area contributed by atoms with E-state index in [1.54, 1.807) is 0 Å². The molecule has 32 heavy (non-hydrogen) atoms. The van der Waals surface area contributed by atoms with E-state index in [0.29, 0.717) is 25.3 Å². The topological polar surface area (TPSA) is 74.8 Å². The SMILES string of the molecule is CCOC(=O)C(OCC)N1CCN(CC2CN(C3CCN(C(C)C)CC3)C(C=O)O2)CC1. The number of aldehydes is 1. The summed E-state index contributed by atoms with van der Waals surface area (Å²) in [5, 5.41) is 0. The molecule has 0 N–H and O–H groups in total. The highest BCUT2D eigenvalue weighted by Crippen LogP contribution is 2.26. The van der Waals surface area contributed by atoms with E-state index >= 15 is 0 Å². The van der Waals surface area contributed by atoms with Crippen LogP contribution in [-0.4, -0.2) is 128 Å². The van der Waals surface area contributed by atoms with Crippen LogP contribution in [0.15, 0.2) is 0 Å². The van der Waals surface area contributed by atoms with Crippen LogP contribution in [-0.2, 0) is 23.8 Å². The molecule has 0 radical (unpaired) electrons. The first-order valence-corrected chi connectivity index (χ1v) is 12.3. The van der Waals surface area contributed by atoms with Crippen molar-refractivity contribution in [3.05, 3.63) is 0 Å². The Morgan fingerprint density at radius 2 is 1.72 bits per heavy atom. The van der Waals surface area contributed by atoms with Gasteiger partial charge in [0.1, 0.15) is 0 Å². The van der Waals surface area contributed by atoms with Gasteiger partial charge in [-0.25, -0.2) is 4.79 Å². The van der Waals surface area contributed by atoms with Crippen molar-refractivity contribution < 1.29 is 23.8 Å². The maximum absolute atomic E-state index is 12.2. The van der Waals surface area contributed by atoms with Gasteiger partial charge in [-0.1, -0.05) is 0 Å². The predicted octanol–water partition coefficient (Wildman–Crippen LogP) is 0.628. The molecule has 3 fully saturated rings. The first-order valence-electron chi connectivity index (χ1n) is 12.3. The number of piperazine rings is 1. The number of hydrogen-bond donors (Lipinski definition) is 0. The molecule has 0 saturated carbocycles. The van der Waals surface area contributed by atoms with Gasteiger partial charge >= 0.3 is 5.97 Å². The number of carbonyl (C=O) groups excluding carboxylic acids is 2. The molecule has 0 aliphatic carbocycles. The fourth-order valence-electron chi connectivity index (χ4n) is 5.12. The normalized spacial score (nSPS) is 28.3. The number of likely N-dealkylation sites (tertiary alicyclic amines) is 1. The lowest BCUT2D eigenvalue weighted by atomic mass is 10.0. The van der Waals surface area contributed by atoms with Crippen LogP contribution in [0.3, 0.4) is 0 Å². The zero-order chi connectivity index (χ0) is 23.1. The molecule has 3 saturated heterocycles. The molecule has 0 bridgehead atoms. The van der Waals surface area contributed by atoms with Gasteiger partial charge in [-0.15, -0.1) is 0 Å². The summed E-state index contributed by atoms with van der Waals surface area (Å²) in [5.41, 5.74) is 0. The van der Waals surface area contributed by atoms with Crippen molar-refractivity contribution in [1.82, 2.24) is 19.6 Å². The summed E-state index contributed by atoms with van der Waals surface area (Å²) in [4.78, 5) is 33.2. The molecule has 3 atom stereocenters. The second-order valence-corrected chi connectivity index (χ2v) is 9.24. The summed E-state index contributed by atoms with van der Waals surface area (Å²) < 4.78 is 17.0. The summed E-state index contributed by atoms with van der Waals surface area (Å²) in [7, 11) is 0. The highest BCUT2D eigenvalue weighted by Gasteiger charge is 2.39. The Morgan fingerprint density at radius 3 is 2.28 bits per heavy atom. The van der Waals surface area contributed by atoms with Crippen molar-refractivity contribution in [2.45, 2.75) is 71.2 Å². The molecule has 0 aromatic heterocycles. The van der Waals surface area contributed by atoms with Gasteiger partial charge in [0.05, 0.1) is 12.7 Å². The third-order valence-electron chi connectivity index (χ3n) is 6.90. The van der Waals surface area contributed by atoms with Crippen molar-refractivity contribution in [2.75, 3.05) is 65.6 Å². The summed E-state index contributed by atoms with van der Waals surface area (Å²) >= 11 is 0. The van der Waals surface area contributed by atoms with E-state index in [0.717, 1.165) is 71.5 Å². The van der Waals surface area contributed by atoms with E-state index < -0.39 is 12.5 Å². The number of piperidine rings is 1. The Hall–Kier alpha value is -1.10. The second kappa shape index (κ2) is 12.4. The zero-order valence-electron chi connectivity index (χ0n) is 20.3. The second-order valence-electron chi connectivity index (χ2n) is 9.24. The van der Waals surface area contributed by atoms with Crippen molar-refractivity contribution in [3.8, 4) is 0 Å². The lowest BCUT2D eigenvalue weighted by molar-refractivity contribution is -0.173. The van der Waals surface area contributed by atoms with Crippen LogP contribution >= 0.6 is 0 Å². The van der Waals surface area contributed by atoms with Gasteiger partial charge in [-0.2, -0.15) is 0 Å². The molecule has 0 aromatic carbocycles. The number of hydrogen-bond acceptors (Lipinski definition) is 9. The molecule has 184 valence electrons. The fourth-order valence-corrected chi connectivity index (χ4v) is 5.12. The molecule has 9 heteroatoms. The molecule has 3 aliphatic rings. The number of ether oxygens (including phenoxy) is 3. The van der Waals surface area contributed by atoms with E-state index in [-0.39, 0.29) is 12.1 Å². The van der Waals surface area contributed by atoms with Gasteiger partial charge in [-0.05, 0) is 53.6 Å². The monoisotopic (exact) mass is 454 g/mol. The fraction of sp³-hybridized carbons (Fsp3) is 0.913. The summed E-state index contributed by atoms with van der Waals surface area (Å²) in [6, 6.07) is 0.990. The average molecular weight is 455 g/mol. The van der Waals surface area contributed by atoms with E-state index in [9.17, 15) is 9.59 Å². The van der Waals surface area contributed by atoms with Crippen molar-refractivity contribution in [3.63, 3.8) is 0 Å². The minimum atomic E-state index is -0.628. The Balaban J connectivity index is 1.47. The lowest BCUT2D eigenvalue weighted by Gasteiger charge is -2.39. The minimum Gasteiger partial charge on any atom is -0.463 e. The van der Waals surface area contributed by atoms with Crippen LogP contribution in [0.25, 0.3) is 0 Å². The molecule has 0 spiro atoms. The van der Waals surface area contributed by atoms with Gasteiger partial charge in [0.15, 0.2) is 12.5 Å². The molecule has 0 amide bonds. The minimum absolute atomic E-state index is 0.0348. The third kappa shape index (κ3) is 6.48. The molecule has 3 unspecified atom stereocenters. The number of rotatable bonds is 10. The van der Waals surface area contributed by atoms with E-state index in [1.807, 2.05) is 13.8 Å². The Labute approximate surface area is 192 Å². The quantitative estimate of drug-likeness (QED) is 0.349.